The van der Waals surface area contributed by atoms with Gasteiger partial charge in [0.05, 0.1) is 22.2 Å². The molecular weight excluding hydrogens is 436 g/mol. The second-order valence-corrected chi connectivity index (χ2v) is 9.10. The molecule has 0 aliphatic heterocycles. The number of hydrogen-bond donors (Lipinski definition) is 1. The number of nitrogens with zero attached hydrogens (tertiary/aromatic N) is 3. The first-order valence-electron chi connectivity index (χ1n) is 10.2. The van der Waals surface area contributed by atoms with E-state index in [0.29, 0.717) is 10.9 Å². The highest BCUT2D eigenvalue weighted by molar-refractivity contribution is 7.15. The highest BCUT2D eigenvalue weighted by Gasteiger charge is 2.24. The number of nitrogens with one attached hydrogen (secondary N) is 1. The summed E-state index contributed by atoms with van der Waals surface area (Å²) in [6.07, 6.45) is 0. The molecule has 5 rings (SSSR count). The Labute approximate surface area is 194 Å². The van der Waals surface area contributed by atoms with Crippen molar-refractivity contribution >= 4 is 34.4 Å². The second-order valence-electron chi connectivity index (χ2n) is 7.32. The normalized spacial score (nSPS) is 11.1. The highest BCUT2D eigenvalue weighted by Crippen LogP contribution is 2.30. The molecule has 5 nitrogen and oxygen atoms in total. The van der Waals surface area contributed by atoms with E-state index in [4.69, 9.17) is 4.98 Å². The van der Waals surface area contributed by atoms with Gasteiger partial charge in [-0.3, -0.25) is 4.79 Å². The number of aryl methyl sites for hydroxylation is 1. The zero-order valence-electron chi connectivity index (χ0n) is 17.3. The lowest BCUT2D eigenvalue weighted by atomic mass is 9.90. The molecule has 0 saturated heterocycles. The summed E-state index contributed by atoms with van der Waals surface area (Å²) in [6, 6.07) is 25.6. The van der Waals surface area contributed by atoms with Crippen molar-refractivity contribution in [3.8, 4) is 15.7 Å². The van der Waals surface area contributed by atoms with Gasteiger partial charge in [0.25, 0.3) is 0 Å². The Balaban J connectivity index is 1.48. The predicted molar refractivity (Wildman–Crippen MR) is 131 cm³/mol. The molecule has 0 aliphatic rings. The number of aromatic nitrogens is 3. The maximum atomic E-state index is 13.5. The van der Waals surface area contributed by atoms with Crippen LogP contribution in [0.15, 0.2) is 89.6 Å². The first-order valence-corrected chi connectivity index (χ1v) is 11.9. The molecule has 0 fully saturated rings. The number of rotatable bonds is 6. The number of carbonyl (C=O) groups excluding carboxylic acids is 1. The topological polar surface area (TPSA) is 59.8 Å². The summed E-state index contributed by atoms with van der Waals surface area (Å²) >= 11 is 3.15. The molecule has 1 N–H and O–H groups in total. The van der Waals surface area contributed by atoms with Gasteiger partial charge < -0.3 is 5.32 Å². The van der Waals surface area contributed by atoms with Gasteiger partial charge in [-0.25, -0.2) is 4.98 Å². The van der Waals surface area contributed by atoms with Crippen molar-refractivity contribution in [1.29, 1.82) is 0 Å². The fraction of sp³-hybridized carbons (Fsp3) is 0.0800. The number of carbonyl (C=O) groups is 1. The second kappa shape index (κ2) is 8.90. The van der Waals surface area contributed by atoms with Crippen molar-refractivity contribution in [1.82, 2.24) is 14.8 Å². The molecule has 0 saturated carbocycles. The zero-order valence-corrected chi connectivity index (χ0v) is 18.9. The molecule has 5 aromatic rings. The minimum Gasteiger partial charge on any atom is -0.310 e. The molecule has 3 heterocycles. The Morgan fingerprint density at radius 3 is 2.25 bits per heavy atom. The van der Waals surface area contributed by atoms with E-state index in [1.54, 1.807) is 16.0 Å². The first kappa shape index (κ1) is 20.4. The minimum absolute atomic E-state index is 0.112. The van der Waals surface area contributed by atoms with Gasteiger partial charge in [-0.1, -0.05) is 66.7 Å². The third kappa shape index (κ3) is 4.12. The minimum atomic E-state index is -0.431. The highest BCUT2D eigenvalue weighted by atomic mass is 32.1. The third-order valence-corrected chi connectivity index (χ3v) is 6.77. The number of thiazole rings is 1. The van der Waals surface area contributed by atoms with E-state index in [0.717, 1.165) is 27.4 Å². The van der Waals surface area contributed by atoms with Crippen LogP contribution in [-0.4, -0.2) is 20.7 Å². The number of amides is 1. The molecule has 0 radical (unpaired) electrons. The molecule has 0 unspecified atom stereocenters. The molecule has 0 spiro atoms. The van der Waals surface area contributed by atoms with E-state index in [9.17, 15) is 4.79 Å². The van der Waals surface area contributed by atoms with Gasteiger partial charge in [-0.2, -0.15) is 9.78 Å². The molecule has 7 heteroatoms. The van der Waals surface area contributed by atoms with E-state index in [1.807, 2.05) is 96.5 Å². The Morgan fingerprint density at radius 1 is 0.938 bits per heavy atom. The molecule has 158 valence electrons. The Bertz CT molecular complexity index is 1290. The maximum Gasteiger partial charge on any atom is 0.237 e. The quantitative estimate of drug-likeness (QED) is 0.334. The number of anilines is 1. The van der Waals surface area contributed by atoms with Crippen LogP contribution in [0.3, 0.4) is 0 Å². The van der Waals surface area contributed by atoms with Crippen molar-refractivity contribution in [3.05, 3.63) is 106 Å². The summed E-state index contributed by atoms with van der Waals surface area (Å²) in [5.41, 5.74) is 3.60. The van der Waals surface area contributed by atoms with E-state index in [-0.39, 0.29) is 5.91 Å². The summed E-state index contributed by atoms with van der Waals surface area (Å²) in [7, 11) is 0. The van der Waals surface area contributed by atoms with Crippen molar-refractivity contribution in [2.45, 2.75) is 12.8 Å². The van der Waals surface area contributed by atoms with Gasteiger partial charge in [0.15, 0.2) is 0 Å². The molecule has 32 heavy (non-hydrogen) atoms. The molecule has 3 aromatic heterocycles. The van der Waals surface area contributed by atoms with Crippen molar-refractivity contribution in [3.63, 3.8) is 0 Å². The van der Waals surface area contributed by atoms with Crippen LogP contribution in [-0.2, 0) is 4.79 Å². The standard InChI is InChI=1S/C25H20N4OS2/c1-17-15-22(29(28-17)25-26-20(16-32-25)21-13-8-14-31-21)27-24(30)23(18-9-4-2-5-10-18)19-11-6-3-7-12-19/h2-16,23H,1H3,(H,27,30). The van der Waals surface area contributed by atoms with Crippen molar-refractivity contribution in [2.24, 2.45) is 0 Å². The molecule has 0 aliphatic carbocycles. The van der Waals surface area contributed by atoms with Crippen molar-refractivity contribution < 1.29 is 4.79 Å². The fourth-order valence-electron chi connectivity index (χ4n) is 3.62. The average Bonchev–Trinajstić information content (AvgIpc) is 3.56. The Morgan fingerprint density at radius 2 is 1.62 bits per heavy atom. The van der Waals surface area contributed by atoms with E-state index in [2.05, 4.69) is 10.4 Å². The van der Waals surface area contributed by atoms with Crippen molar-refractivity contribution in [2.75, 3.05) is 5.32 Å². The lowest BCUT2D eigenvalue weighted by Crippen LogP contribution is -2.23. The summed E-state index contributed by atoms with van der Waals surface area (Å²) in [5.74, 6) is 0.0639. The van der Waals surface area contributed by atoms with E-state index in [1.165, 1.54) is 11.3 Å². The van der Waals surface area contributed by atoms with Gasteiger partial charge in [-0.15, -0.1) is 22.7 Å². The zero-order chi connectivity index (χ0) is 21.9. The molecular formula is C25H20N4OS2. The molecule has 0 atom stereocenters. The van der Waals surface area contributed by atoms with Crippen LogP contribution in [0.25, 0.3) is 15.7 Å². The Kier molecular flexibility index (Phi) is 5.66. The maximum absolute atomic E-state index is 13.5. The first-order chi connectivity index (χ1) is 15.7. The summed E-state index contributed by atoms with van der Waals surface area (Å²) in [5, 5.41) is 12.5. The van der Waals surface area contributed by atoms with Crippen LogP contribution >= 0.6 is 22.7 Å². The predicted octanol–water partition coefficient (Wildman–Crippen LogP) is 6.14. The van der Waals surface area contributed by atoms with Gasteiger partial charge in [0, 0.05) is 11.4 Å². The number of thiophene rings is 1. The average molecular weight is 457 g/mol. The van der Waals surface area contributed by atoms with Gasteiger partial charge in [0.2, 0.25) is 11.0 Å². The van der Waals surface area contributed by atoms with Gasteiger partial charge in [0.1, 0.15) is 5.82 Å². The number of benzene rings is 2. The van der Waals surface area contributed by atoms with Crippen LogP contribution in [0.1, 0.15) is 22.7 Å². The molecule has 0 bridgehead atoms. The van der Waals surface area contributed by atoms with Crippen LogP contribution in [0, 0.1) is 6.92 Å². The summed E-state index contributed by atoms with van der Waals surface area (Å²) in [6.45, 7) is 1.91. The largest absolute Gasteiger partial charge is 0.310 e. The van der Waals surface area contributed by atoms with Crippen LogP contribution in [0.2, 0.25) is 0 Å². The van der Waals surface area contributed by atoms with Crippen LogP contribution in [0.5, 0.6) is 0 Å². The monoisotopic (exact) mass is 456 g/mol. The molecule has 2 aromatic carbocycles. The number of hydrogen-bond acceptors (Lipinski definition) is 5. The third-order valence-electron chi connectivity index (χ3n) is 5.06. The van der Waals surface area contributed by atoms with E-state index < -0.39 is 5.92 Å². The van der Waals surface area contributed by atoms with E-state index >= 15 is 0 Å². The summed E-state index contributed by atoms with van der Waals surface area (Å²) < 4.78 is 1.71. The van der Waals surface area contributed by atoms with Gasteiger partial charge >= 0.3 is 0 Å². The van der Waals surface area contributed by atoms with Crippen LogP contribution < -0.4 is 5.32 Å². The van der Waals surface area contributed by atoms with Gasteiger partial charge in [-0.05, 0) is 29.5 Å². The lowest BCUT2D eigenvalue weighted by molar-refractivity contribution is -0.116. The van der Waals surface area contributed by atoms with Crippen LogP contribution in [0.4, 0.5) is 5.82 Å². The fourth-order valence-corrected chi connectivity index (χ4v) is 5.17. The smallest absolute Gasteiger partial charge is 0.237 e. The Hall–Kier alpha value is -3.55. The SMILES string of the molecule is Cc1cc(NC(=O)C(c2ccccc2)c2ccccc2)n(-c2nc(-c3cccs3)cs2)n1. The lowest BCUT2D eigenvalue weighted by Gasteiger charge is -2.18. The molecule has 1 amide bonds. The summed E-state index contributed by atoms with van der Waals surface area (Å²) in [4.78, 5) is 19.4.